The standard InChI is InChI=1S/C11H14N2O3/c1-6-2-5-8(13(15)16)9(11(6)14)10(12)7-3-4-7/h2,5,7,10,14H,3-4,12H2,1H3/t10-/m1/s1. The molecule has 1 aromatic rings. The molecule has 0 unspecified atom stereocenters. The lowest BCUT2D eigenvalue weighted by Crippen LogP contribution is -2.15. The van der Waals surface area contributed by atoms with Crippen molar-refractivity contribution in [3.63, 3.8) is 0 Å². The van der Waals surface area contributed by atoms with E-state index in [-0.39, 0.29) is 22.9 Å². The highest BCUT2D eigenvalue weighted by Crippen LogP contribution is 2.45. The van der Waals surface area contributed by atoms with Crippen LogP contribution < -0.4 is 5.73 Å². The van der Waals surface area contributed by atoms with Gasteiger partial charge in [-0.3, -0.25) is 10.1 Å². The number of hydrogen-bond donors (Lipinski definition) is 2. The van der Waals surface area contributed by atoms with Crippen molar-refractivity contribution in [2.24, 2.45) is 11.7 Å². The van der Waals surface area contributed by atoms with Crippen LogP contribution in [0, 0.1) is 23.0 Å². The zero-order valence-electron chi connectivity index (χ0n) is 9.01. The van der Waals surface area contributed by atoms with E-state index in [1.807, 2.05) is 0 Å². The Kier molecular flexibility index (Phi) is 2.55. The third-order valence-corrected chi connectivity index (χ3v) is 3.06. The van der Waals surface area contributed by atoms with Gasteiger partial charge < -0.3 is 10.8 Å². The molecule has 1 saturated carbocycles. The fourth-order valence-corrected chi connectivity index (χ4v) is 1.89. The molecule has 1 aliphatic rings. The van der Waals surface area contributed by atoms with Gasteiger partial charge in [0.1, 0.15) is 5.75 Å². The second kappa shape index (κ2) is 3.75. The van der Waals surface area contributed by atoms with Gasteiger partial charge in [-0.2, -0.15) is 0 Å². The number of nitro benzene ring substituents is 1. The molecule has 16 heavy (non-hydrogen) atoms. The highest BCUT2D eigenvalue weighted by Gasteiger charge is 2.35. The van der Waals surface area contributed by atoms with Crippen LogP contribution in [-0.2, 0) is 0 Å². The summed E-state index contributed by atoms with van der Waals surface area (Å²) in [5, 5.41) is 20.8. The molecular weight excluding hydrogens is 208 g/mol. The molecule has 0 radical (unpaired) electrons. The van der Waals surface area contributed by atoms with Crippen LogP contribution in [0.1, 0.15) is 30.0 Å². The highest BCUT2D eigenvalue weighted by molar-refractivity contribution is 5.54. The number of nitrogens with two attached hydrogens (primary N) is 1. The molecule has 3 N–H and O–H groups in total. The maximum Gasteiger partial charge on any atom is 0.277 e. The molecule has 2 rings (SSSR count). The van der Waals surface area contributed by atoms with Gasteiger partial charge in [-0.1, -0.05) is 0 Å². The lowest BCUT2D eigenvalue weighted by atomic mass is 9.98. The fraction of sp³-hybridized carbons (Fsp3) is 0.455. The van der Waals surface area contributed by atoms with Crippen molar-refractivity contribution in [1.82, 2.24) is 0 Å². The van der Waals surface area contributed by atoms with Gasteiger partial charge in [0.05, 0.1) is 10.5 Å². The Labute approximate surface area is 93.0 Å². The molecule has 0 aliphatic heterocycles. The minimum absolute atomic E-state index is 0.0337. The van der Waals surface area contributed by atoms with Crippen LogP contribution in [0.3, 0.4) is 0 Å². The van der Waals surface area contributed by atoms with E-state index in [9.17, 15) is 15.2 Å². The van der Waals surface area contributed by atoms with Gasteiger partial charge in [-0.05, 0) is 37.3 Å². The molecule has 0 spiro atoms. The maximum absolute atomic E-state index is 10.9. The number of nitrogens with zero attached hydrogens (tertiary/aromatic N) is 1. The van der Waals surface area contributed by atoms with Gasteiger partial charge in [0.25, 0.3) is 5.69 Å². The normalized spacial score (nSPS) is 17.1. The molecule has 0 bridgehead atoms. The van der Waals surface area contributed by atoms with Crippen LogP contribution in [0.25, 0.3) is 0 Å². The van der Waals surface area contributed by atoms with E-state index >= 15 is 0 Å². The molecule has 1 fully saturated rings. The zero-order valence-corrected chi connectivity index (χ0v) is 9.01. The molecule has 0 amide bonds. The number of rotatable bonds is 3. The van der Waals surface area contributed by atoms with E-state index in [0.717, 1.165) is 12.8 Å². The minimum Gasteiger partial charge on any atom is -0.507 e. The zero-order chi connectivity index (χ0) is 11.9. The number of benzene rings is 1. The lowest BCUT2D eigenvalue weighted by molar-refractivity contribution is -0.385. The predicted octanol–water partition coefficient (Wildman–Crippen LogP) is 2.02. The predicted molar refractivity (Wildman–Crippen MR) is 59.2 cm³/mol. The first kappa shape index (κ1) is 10.9. The number of hydrogen-bond acceptors (Lipinski definition) is 4. The lowest BCUT2D eigenvalue weighted by Gasteiger charge is -2.14. The molecule has 1 atom stereocenters. The molecule has 86 valence electrons. The van der Waals surface area contributed by atoms with E-state index in [2.05, 4.69) is 0 Å². The first-order valence-corrected chi connectivity index (χ1v) is 5.24. The van der Waals surface area contributed by atoms with Crippen LogP contribution >= 0.6 is 0 Å². The number of aromatic hydroxyl groups is 1. The topological polar surface area (TPSA) is 89.4 Å². The van der Waals surface area contributed by atoms with E-state index in [1.165, 1.54) is 12.1 Å². The van der Waals surface area contributed by atoms with Crippen LogP contribution in [0.15, 0.2) is 12.1 Å². The summed E-state index contributed by atoms with van der Waals surface area (Å²) in [6.07, 6.45) is 1.96. The van der Waals surface area contributed by atoms with E-state index in [0.29, 0.717) is 5.56 Å². The van der Waals surface area contributed by atoms with E-state index < -0.39 is 11.0 Å². The van der Waals surface area contributed by atoms with Crippen LogP contribution in [-0.4, -0.2) is 10.0 Å². The summed E-state index contributed by atoms with van der Waals surface area (Å²) in [7, 11) is 0. The summed E-state index contributed by atoms with van der Waals surface area (Å²) in [4.78, 5) is 10.4. The van der Waals surface area contributed by atoms with Crippen molar-refractivity contribution in [2.45, 2.75) is 25.8 Å². The van der Waals surface area contributed by atoms with Crippen molar-refractivity contribution >= 4 is 5.69 Å². The first-order valence-electron chi connectivity index (χ1n) is 5.24. The first-order chi connectivity index (χ1) is 7.52. The molecule has 5 nitrogen and oxygen atoms in total. The molecule has 0 saturated heterocycles. The Morgan fingerprint density at radius 2 is 2.19 bits per heavy atom. The molecule has 1 aromatic carbocycles. The number of aryl methyl sites for hydroxylation is 1. The van der Waals surface area contributed by atoms with Gasteiger partial charge in [-0.15, -0.1) is 0 Å². The van der Waals surface area contributed by atoms with Crippen molar-refractivity contribution in [3.05, 3.63) is 33.4 Å². The molecule has 0 heterocycles. The van der Waals surface area contributed by atoms with Crippen molar-refractivity contribution in [2.75, 3.05) is 0 Å². The Hall–Kier alpha value is -1.62. The highest BCUT2D eigenvalue weighted by atomic mass is 16.6. The number of nitro groups is 1. The quantitative estimate of drug-likeness (QED) is 0.604. The largest absolute Gasteiger partial charge is 0.507 e. The number of phenolic OH excluding ortho intramolecular Hbond substituents is 1. The summed E-state index contributed by atoms with van der Waals surface area (Å²) in [6, 6.07) is 2.52. The Morgan fingerprint density at radius 3 is 2.69 bits per heavy atom. The summed E-state index contributed by atoms with van der Waals surface area (Å²) in [5.74, 6) is 0.236. The Balaban J connectivity index is 2.53. The maximum atomic E-state index is 10.9. The number of phenols is 1. The van der Waals surface area contributed by atoms with Crippen molar-refractivity contribution in [1.29, 1.82) is 0 Å². The average molecular weight is 222 g/mol. The monoisotopic (exact) mass is 222 g/mol. The average Bonchev–Trinajstić information content (AvgIpc) is 3.04. The second-order valence-corrected chi connectivity index (χ2v) is 4.28. The summed E-state index contributed by atoms with van der Waals surface area (Å²) >= 11 is 0. The van der Waals surface area contributed by atoms with E-state index in [1.54, 1.807) is 6.92 Å². The summed E-state index contributed by atoms with van der Waals surface area (Å²) < 4.78 is 0. The van der Waals surface area contributed by atoms with Crippen LogP contribution in [0.5, 0.6) is 5.75 Å². The van der Waals surface area contributed by atoms with Gasteiger partial charge in [0.2, 0.25) is 0 Å². The summed E-state index contributed by atoms with van der Waals surface area (Å²) in [5.41, 5.74) is 6.77. The van der Waals surface area contributed by atoms with E-state index in [4.69, 9.17) is 5.73 Å². The minimum atomic E-state index is -0.489. The van der Waals surface area contributed by atoms with Gasteiger partial charge in [0, 0.05) is 12.1 Å². The van der Waals surface area contributed by atoms with Gasteiger partial charge >= 0.3 is 0 Å². The van der Waals surface area contributed by atoms with Gasteiger partial charge in [-0.25, -0.2) is 0 Å². The molecular formula is C11H14N2O3. The van der Waals surface area contributed by atoms with Crippen LogP contribution in [0.2, 0.25) is 0 Å². The SMILES string of the molecule is Cc1ccc([N+](=O)[O-])c([C@H](N)C2CC2)c1O. The molecule has 5 heteroatoms. The van der Waals surface area contributed by atoms with Crippen molar-refractivity contribution < 1.29 is 10.0 Å². The second-order valence-electron chi connectivity index (χ2n) is 4.28. The third kappa shape index (κ3) is 1.74. The third-order valence-electron chi connectivity index (χ3n) is 3.06. The van der Waals surface area contributed by atoms with Crippen LogP contribution in [0.4, 0.5) is 5.69 Å². The molecule has 1 aliphatic carbocycles. The Morgan fingerprint density at radius 1 is 1.56 bits per heavy atom. The van der Waals surface area contributed by atoms with Crippen molar-refractivity contribution in [3.8, 4) is 5.75 Å². The fourth-order valence-electron chi connectivity index (χ4n) is 1.89. The summed E-state index contributed by atoms with van der Waals surface area (Å²) in [6.45, 7) is 1.71. The smallest absolute Gasteiger partial charge is 0.277 e. The Bertz CT molecular complexity index is 441. The van der Waals surface area contributed by atoms with Gasteiger partial charge in [0.15, 0.2) is 0 Å². The molecule has 0 aromatic heterocycles.